The maximum atomic E-state index is 11.9. The highest BCUT2D eigenvalue weighted by Crippen LogP contribution is 2.67. The molecular weight excluding hydrogens is 368 g/mol. The number of carbonyl (C=O) groups is 1. The molecule has 7 heteroatoms. The zero-order valence-electron chi connectivity index (χ0n) is 16.3. The summed E-state index contributed by atoms with van der Waals surface area (Å²) in [5.41, 5.74) is 5.28. The van der Waals surface area contributed by atoms with E-state index in [9.17, 15) is 4.79 Å². The second-order valence-corrected chi connectivity index (χ2v) is 8.20. The van der Waals surface area contributed by atoms with Gasteiger partial charge in [-0.05, 0) is 43.1 Å². The van der Waals surface area contributed by atoms with Gasteiger partial charge >= 0.3 is 0 Å². The summed E-state index contributed by atoms with van der Waals surface area (Å²) in [6, 6.07) is 13.9. The topological polar surface area (TPSA) is 88.4 Å². The van der Waals surface area contributed by atoms with Crippen molar-refractivity contribution < 1.29 is 14.7 Å². The second-order valence-electron chi connectivity index (χ2n) is 8.20. The monoisotopic (exact) mass is 392 g/mol. The van der Waals surface area contributed by atoms with E-state index in [1.165, 1.54) is 5.56 Å². The lowest BCUT2D eigenvalue weighted by Crippen LogP contribution is -2.40. The Morgan fingerprint density at radius 3 is 2.90 bits per heavy atom. The normalized spacial score (nSPS) is 25.6. The number of fused-ring (bicyclic) bond motifs is 2. The van der Waals surface area contributed by atoms with E-state index >= 15 is 0 Å². The minimum absolute atomic E-state index is 0.202. The number of nitrogens with zero attached hydrogens (tertiary/aromatic N) is 2. The Bertz CT molecular complexity index is 1070. The Kier molecular flexibility index (Phi) is 4.20. The maximum Gasteiger partial charge on any atom is 0.276 e. The summed E-state index contributed by atoms with van der Waals surface area (Å²) in [5, 5.41) is 17.9. The van der Waals surface area contributed by atoms with Gasteiger partial charge in [-0.25, -0.2) is 10.2 Å². The molecule has 2 aromatic carbocycles. The molecule has 150 valence electrons. The van der Waals surface area contributed by atoms with Crippen LogP contribution < -0.4 is 10.8 Å². The van der Waals surface area contributed by atoms with Gasteiger partial charge in [0.15, 0.2) is 0 Å². The quantitative estimate of drug-likeness (QED) is 0.458. The average molecular weight is 392 g/mol. The van der Waals surface area contributed by atoms with Crippen molar-refractivity contribution in [3.8, 4) is 5.69 Å². The Hall–Kier alpha value is -2.74. The Morgan fingerprint density at radius 2 is 2.14 bits per heavy atom. The molecule has 0 spiro atoms. The zero-order chi connectivity index (χ0) is 20.1. The van der Waals surface area contributed by atoms with E-state index in [-0.39, 0.29) is 10.8 Å². The number of methoxy groups -OCH3 is 1. The molecule has 1 amide bonds. The largest absolute Gasteiger partial charge is 0.384 e. The Labute approximate surface area is 168 Å². The fourth-order valence-corrected chi connectivity index (χ4v) is 5.17. The number of aromatic nitrogens is 2. The fraction of sp³-hybridized carbons (Fsp3) is 0.364. The third kappa shape index (κ3) is 2.69. The zero-order valence-corrected chi connectivity index (χ0v) is 16.3. The van der Waals surface area contributed by atoms with Crippen molar-refractivity contribution in [3.63, 3.8) is 0 Å². The first-order chi connectivity index (χ1) is 14.1. The third-order valence-electron chi connectivity index (χ3n) is 6.71. The summed E-state index contributed by atoms with van der Waals surface area (Å²) in [5.74, 6) is -0.565. The molecule has 7 nitrogen and oxygen atoms in total. The molecule has 2 heterocycles. The van der Waals surface area contributed by atoms with Gasteiger partial charge in [-0.3, -0.25) is 10.0 Å². The predicted molar refractivity (Wildman–Crippen MR) is 108 cm³/mol. The van der Waals surface area contributed by atoms with Crippen LogP contribution >= 0.6 is 0 Å². The number of piperidine rings is 1. The van der Waals surface area contributed by atoms with Crippen molar-refractivity contribution in [1.82, 2.24) is 20.6 Å². The van der Waals surface area contributed by atoms with Crippen molar-refractivity contribution in [1.29, 1.82) is 0 Å². The number of hydroxylamine groups is 1. The molecule has 3 aromatic rings. The number of nitrogens with one attached hydrogen (secondary N) is 2. The molecular formula is C22H24N4O3. The molecule has 2 fully saturated rings. The average Bonchev–Trinajstić information content (AvgIpc) is 3.24. The van der Waals surface area contributed by atoms with Gasteiger partial charge in [-0.15, -0.1) is 0 Å². The summed E-state index contributed by atoms with van der Waals surface area (Å²) in [4.78, 5) is 11.9. The van der Waals surface area contributed by atoms with E-state index in [4.69, 9.17) is 9.94 Å². The summed E-state index contributed by atoms with van der Waals surface area (Å²) in [6.07, 6.45) is 4.18. The number of rotatable bonds is 5. The van der Waals surface area contributed by atoms with Gasteiger partial charge in [0.05, 0.1) is 17.9 Å². The first kappa shape index (κ1) is 18.3. The van der Waals surface area contributed by atoms with Crippen LogP contribution in [0.1, 0.15) is 28.8 Å². The molecule has 1 aliphatic carbocycles. The van der Waals surface area contributed by atoms with Gasteiger partial charge in [0.25, 0.3) is 5.91 Å². The highest BCUT2D eigenvalue weighted by atomic mass is 16.5. The van der Waals surface area contributed by atoms with Gasteiger partial charge in [-0.2, -0.15) is 5.10 Å². The molecule has 29 heavy (non-hydrogen) atoms. The van der Waals surface area contributed by atoms with Crippen LogP contribution in [0.4, 0.5) is 0 Å². The van der Waals surface area contributed by atoms with Crippen LogP contribution in [0.25, 0.3) is 16.6 Å². The molecule has 1 aromatic heterocycles. The van der Waals surface area contributed by atoms with E-state index in [0.717, 1.165) is 43.6 Å². The van der Waals surface area contributed by atoms with Crippen molar-refractivity contribution in [3.05, 3.63) is 59.8 Å². The minimum Gasteiger partial charge on any atom is -0.384 e. The van der Waals surface area contributed by atoms with E-state index in [1.54, 1.807) is 29.4 Å². The summed E-state index contributed by atoms with van der Waals surface area (Å²) in [6.45, 7) is 2.82. The minimum atomic E-state index is -0.565. The lowest BCUT2D eigenvalue weighted by molar-refractivity contribution is 0.0708. The van der Waals surface area contributed by atoms with Crippen LogP contribution in [0.15, 0.2) is 48.7 Å². The van der Waals surface area contributed by atoms with Gasteiger partial charge < -0.3 is 10.1 Å². The van der Waals surface area contributed by atoms with Crippen LogP contribution in [0.2, 0.25) is 0 Å². The standard InChI is InChI=1S/C22H24N4O3/c1-29-14-21-12-22(21,9-10-23-13-21)16-5-7-17(8-6-16)26-11-15-3-2-4-18(19(15)24-26)20(27)25-28/h2-8,11,23,28H,9-10,12-14H2,1H3,(H,25,27). The fourth-order valence-electron chi connectivity index (χ4n) is 5.17. The van der Waals surface area contributed by atoms with Crippen LogP contribution in [0.5, 0.6) is 0 Å². The Morgan fingerprint density at radius 1 is 1.31 bits per heavy atom. The second kappa shape index (κ2) is 6.66. The molecule has 0 bridgehead atoms. The van der Waals surface area contributed by atoms with Gasteiger partial charge in [0.1, 0.15) is 5.52 Å². The summed E-state index contributed by atoms with van der Waals surface area (Å²) < 4.78 is 7.31. The smallest absolute Gasteiger partial charge is 0.276 e. The van der Waals surface area contributed by atoms with E-state index < -0.39 is 5.91 Å². The molecule has 5 rings (SSSR count). The number of benzene rings is 2. The molecule has 2 atom stereocenters. The molecule has 2 aliphatic rings. The van der Waals surface area contributed by atoms with Gasteiger partial charge in [-0.1, -0.05) is 24.3 Å². The highest BCUT2D eigenvalue weighted by Gasteiger charge is 2.68. The number of amides is 1. The molecule has 2 unspecified atom stereocenters. The molecule has 0 radical (unpaired) electrons. The molecule has 1 aliphatic heterocycles. The maximum absolute atomic E-state index is 11.9. The SMILES string of the molecule is COCC12CNCCC1(c1ccc(-n3cc4cccc(C(=O)NO)c4n3)cc1)C2. The lowest BCUT2D eigenvalue weighted by atomic mass is 9.81. The molecule has 1 saturated heterocycles. The van der Waals surface area contributed by atoms with Crippen molar-refractivity contribution in [2.24, 2.45) is 5.41 Å². The van der Waals surface area contributed by atoms with Crippen molar-refractivity contribution in [2.45, 2.75) is 18.3 Å². The predicted octanol–water partition coefficient (Wildman–Crippen LogP) is 2.41. The summed E-state index contributed by atoms with van der Waals surface area (Å²) >= 11 is 0. The molecule has 1 saturated carbocycles. The van der Waals surface area contributed by atoms with E-state index in [2.05, 4.69) is 34.7 Å². The first-order valence-electron chi connectivity index (χ1n) is 9.86. The van der Waals surface area contributed by atoms with E-state index in [1.807, 2.05) is 12.3 Å². The van der Waals surface area contributed by atoms with Crippen LogP contribution in [0.3, 0.4) is 0 Å². The highest BCUT2D eigenvalue weighted by molar-refractivity contribution is 6.04. The Balaban J connectivity index is 1.48. The molecule has 3 N–H and O–H groups in total. The van der Waals surface area contributed by atoms with Crippen LogP contribution in [0, 0.1) is 5.41 Å². The summed E-state index contributed by atoms with van der Waals surface area (Å²) in [7, 11) is 1.78. The van der Waals surface area contributed by atoms with Gasteiger partial charge in [0, 0.05) is 36.1 Å². The lowest BCUT2D eigenvalue weighted by Gasteiger charge is -2.31. The van der Waals surface area contributed by atoms with Crippen molar-refractivity contribution >= 4 is 16.8 Å². The first-order valence-corrected chi connectivity index (χ1v) is 9.86. The van der Waals surface area contributed by atoms with E-state index in [0.29, 0.717) is 11.1 Å². The van der Waals surface area contributed by atoms with Gasteiger partial charge in [0.2, 0.25) is 0 Å². The number of ether oxygens (including phenoxy) is 1. The van der Waals surface area contributed by atoms with Crippen LogP contribution in [-0.4, -0.2) is 47.7 Å². The van der Waals surface area contributed by atoms with Crippen molar-refractivity contribution in [2.75, 3.05) is 26.8 Å². The van der Waals surface area contributed by atoms with Crippen LogP contribution in [-0.2, 0) is 10.2 Å². The third-order valence-corrected chi connectivity index (χ3v) is 6.71. The number of carbonyl (C=O) groups excluding carboxylic acids is 1. The number of hydrogen-bond acceptors (Lipinski definition) is 5. The number of hydrogen-bond donors (Lipinski definition) is 3.